The Morgan fingerprint density at radius 2 is 1.16 bits per heavy atom. The monoisotopic (exact) mass is 641 g/mol. The highest BCUT2D eigenvalue weighted by Gasteiger charge is 2.14. The zero-order valence-electron chi connectivity index (χ0n) is 27.6. The average Bonchev–Trinajstić information content (AvgIpc) is 3.18. The maximum absolute atomic E-state index is 5.08. The Balaban J connectivity index is 1.30. The van der Waals surface area contributed by atoms with E-state index in [1.54, 1.807) is 0 Å². The lowest BCUT2D eigenvalue weighted by molar-refractivity contribution is 1.01. The lowest BCUT2D eigenvalue weighted by Gasteiger charge is -2.15. The van der Waals surface area contributed by atoms with Crippen molar-refractivity contribution in [1.82, 2.24) is 10.3 Å². The van der Waals surface area contributed by atoms with Crippen LogP contribution in [-0.4, -0.2) is 17.2 Å². The second-order valence-corrected chi connectivity index (χ2v) is 12.3. The van der Waals surface area contributed by atoms with Crippen LogP contribution in [0.15, 0.2) is 199 Å². The van der Waals surface area contributed by atoms with Crippen LogP contribution in [0.25, 0.3) is 60.8 Å². The minimum Gasteiger partial charge on any atom is -0.381 e. The molecule has 0 unspecified atom stereocenters. The number of nitrogens with zero attached hydrogens (tertiary/aromatic N) is 2. The van der Waals surface area contributed by atoms with Crippen molar-refractivity contribution in [2.45, 2.75) is 0 Å². The molecule has 1 aliphatic heterocycles. The SMILES string of the molecule is C1=C\C=C\CN/C(c2ccc(-c3ccccc3)cc2)=C\C(c2cc(-c3ccc4ccccc4c3)cc(-c3cccc4cccnc34)c2)=N\C=C/1. The fourth-order valence-electron chi connectivity index (χ4n) is 6.46. The van der Waals surface area contributed by atoms with Crippen LogP contribution in [0.2, 0.25) is 0 Å². The quantitative estimate of drug-likeness (QED) is 0.203. The highest BCUT2D eigenvalue weighted by Crippen LogP contribution is 2.34. The van der Waals surface area contributed by atoms with E-state index in [1.807, 2.05) is 42.8 Å². The molecule has 0 bridgehead atoms. The molecule has 1 aromatic heterocycles. The fourth-order valence-corrected chi connectivity index (χ4v) is 6.46. The Labute approximate surface area is 293 Å². The summed E-state index contributed by atoms with van der Waals surface area (Å²) in [4.78, 5) is 9.89. The van der Waals surface area contributed by atoms with Crippen molar-refractivity contribution in [2.75, 3.05) is 6.54 Å². The predicted molar refractivity (Wildman–Crippen MR) is 212 cm³/mol. The average molecular weight is 642 g/mol. The zero-order chi connectivity index (χ0) is 33.5. The van der Waals surface area contributed by atoms with Crippen molar-refractivity contribution in [3.05, 3.63) is 206 Å². The van der Waals surface area contributed by atoms with Crippen molar-refractivity contribution in [2.24, 2.45) is 4.99 Å². The summed E-state index contributed by atoms with van der Waals surface area (Å²) in [6.45, 7) is 0.678. The summed E-state index contributed by atoms with van der Waals surface area (Å²) in [5.74, 6) is 0. The number of rotatable bonds is 5. The molecular weight excluding hydrogens is 607 g/mol. The second kappa shape index (κ2) is 14.3. The summed E-state index contributed by atoms with van der Waals surface area (Å²) in [6, 6.07) is 51.7. The van der Waals surface area contributed by atoms with E-state index >= 15 is 0 Å². The van der Waals surface area contributed by atoms with Gasteiger partial charge in [0.2, 0.25) is 0 Å². The first-order valence-electron chi connectivity index (χ1n) is 16.9. The van der Waals surface area contributed by atoms with E-state index in [2.05, 4.69) is 157 Å². The van der Waals surface area contributed by atoms with E-state index in [4.69, 9.17) is 9.98 Å². The van der Waals surface area contributed by atoms with Gasteiger partial charge in [-0.3, -0.25) is 9.98 Å². The molecule has 0 spiro atoms. The molecule has 2 heterocycles. The van der Waals surface area contributed by atoms with Crippen LogP contribution in [0.4, 0.5) is 0 Å². The number of allylic oxidation sites excluding steroid dienone is 5. The Bertz CT molecular complexity index is 2460. The number of benzene rings is 6. The van der Waals surface area contributed by atoms with Gasteiger partial charge in [-0.05, 0) is 86.6 Å². The van der Waals surface area contributed by atoms with Gasteiger partial charge in [0.15, 0.2) is 0 Å². The minimum atomic E-state index is 0.678. The maximum Gasteiger partial charge on any atom is 0.0780 e. The van der Waals surface area contributed by atoms with Crippen LogP contribution in [0.5, 0.6) is 0 Å². The molecule has 3 nitrogen and oxygen atoms in total. The van der Waals surface area contributed by atoms with Crippen molar-refractivity contribution < 1.29 is 0 Å². The number of nitrogens with one attached hydrogen (secondary N) is 1. The van der Waals surface area contributed by atoms with E-state index in [-0.39, 0.29) is 0 Å². The van der Waals surface area contributed by atoms with Gasteiger partial charge in [0.05, 0.1) is 11.2 Å². The van der Waals surface area contributed by atoms with E-state index < -0.39 is 0 Å². The molecule has 0 amide bonds. The van der Waals surface area contributed by atoms with E-state index in [0.717, 1.165) is 55.7 Å². The van der Waals surface area contributed by atoms with Crippen LogP contribution >= 0.6 is 0 Å². The molecule has 1 aliphatic rings. The summed E-state index contributed by atoms with van der Waals surface area (Å²) in [5.41, 5.74) is 11.7. The smallest absolute Gasteiger partial charge is 0.0780 e. The fraction of sp³-hybridized carbons (Fsp3) is 0.0213. The zero-order valence-corrected chi connectivity index (χ0v) is 27.6. The van der Waals surface area contributed by atoms with Crippen LogP contribution < -0.4 is 5.32 Å². The number of hydrogen-bond acceptors (Lipinski definition) is 3. The van der Waals surface area contributed by atoms with Crippen LogP contribution in [0, 0.1) is 0 Å². The van der Waals surface area contributed by atoms with Gasteiger partial charge >= 0.3 is 0 Å². The molecule has 0 atom stereocenters. The number of para-hydroxylation sites is 1. The van der Waals surface area contributed by atoms with Gasteiger partial charge in [0, 0.05) is 41.2 Å². The van der Waals surface area contributed by atoms with Crippen LogP contribution in [-0.2, 0) is 0 Å². The van der Waals surface area contributed by atoms with Crippen molar-refractivity contribution in [3.63, 3.8) is 0 Å². The molecule has 238 valence electrons. The molecule has 50 heavy (non-hydrogen) atoms. The number of aromatic nitrogens is 1. The highest BCUT2D eigenvalue weighted by molar-refractivity contribution is 6.14. The third-order valence-electron chi connectivity index (χ3n) is 9.02. The van der Waals surface area contributed by atoms with E-state index in [0.29, 0.717) is 6.54 Å². The molecule has 0 radical (unpaired) electrons. The molecular formula is C47H35N3. The second-order valence-electron chi connectivity index (χ2n) is 12.3. The van der Waals surface area contributed by atoms with Gasteiger partial charge in [0.25, 0.3) is 0 Å². The van der Waals surface area contributed by atoms with Gasteiger partial charge in [0.1, 0.15) is 0 Å². The topological polar surface area (TPSA) is 37.3 Å². The van der Waals surface area contributed by atoms with Crippen LogP contribution in [0.3, 0.4) is 0 Å². The van der Waals surface area contributed by atoms with Gasteiger partial charge < -0.3 is 5.32 Å². The molecule has 0 aliphatic carbocycles. The molecule has 0 saturated heterocycles. The summed E-state index contributed by atoms with van der Waals surface area (Å²) in [6.07, 6.45) is 16.1. The lowest BCUT2D eigenvalue weighted by atomic mass is 9.92. The molecule has 1 N–H and O–H groups in total. The summed E-state index contributed by atoms with van der Waals surface area (Å²) >= 11 is 0. The third kappa shape index (κ3) is 6.71. The number of aliphatic imine (C=N–C) groups is 1. The molecule has 8 rings (SSSR count). The Kier molecular flexibility index (Phi) is 8.77. The van der Waals surface area contributed by atoms with E-state index in [1.165, 1.54) is 21.9 Å². The highest BCUT2D eigenvalue weighted by atomic mass is 14.9. The largest absolute Gasteiger partial charge is 0.381 e. The number of pyridine rings is 1. The maximum atomic E-state index is 5.08. The number of hydrogen-bond donors (Lipinski definition) is 1. The summed E-state index contributed by atoms with van der Waals surface area (Å²) in [7, 11) is 0. The van der Waals surface area contributed by atoms with E-state index in [9.17, 15) is 0 Å². The molecule has 3 heteroatoms. The Morgan fingerprint density at radius 1 is 0.460 bits per heavy atom. The first-order chi connectivity index (χ1) is 24.8. The molecule has 0 saturated carbocycles. The standard InChI is InChI=1S/C47H35N3/c1-2-9-26-48-45(37-23-20-36(21-24-37)34-13-5-4-6-14-34)33-46(49-27-10-3-1)43-31-41(40-25-22-35-15-7-8-16-39(35)29-40)30-42(32-43)44-19-11-17-38-18-12-28-50-47(38)44/h1-25,27-33,48H,26H2/b3-1-,9-2+,27-10-,45-33-,49-46-. The normalized spacial score (nSPS) is 17.3. The first kappa shape index (κ1) is 30.7. The third-order valence-corrected chi connectivity index (χ3v) is 9.02. The minimum absolute atomic E-state index is 0.678. The molecule has 0 fully saturated rings. The van der Waals surface area contributed by atoms with Gasteiger partial charge in [-0.2, -0.15) is 0 Å². The molecule has 7 aromatic rings. The Hall–Kier alpha value is -6.58. The number of fused-ring (bicyclic) bond motifs is 2. The summed E-state index contributed by atoms with van der Waals surface area (Å²) < 4.78 is 0. The first-order valence-corrected chi connectivity index (χ1v) is 16.9. The predicted octanol–water partition coefficient (Wildman–Crippen LogP) is 11.4. The van der Waals surface area contributed by atoms with Gasteiger partial charge in [-0.1, -0.05) is 140 Å². The van der Waals surface area contributed by atoms with Crippen molar-refractivity contribution in [3.8, 4) is 33.4 Å². The van der Waals surface area contributed by atoms with Crippen LogP contribution in [0.1, 0.15) is 11.1 Å². The van der Waals surface area contributed by atoms with Gasteiger partial charge in [-0.15, -0.1) is 0 Å². The van der Waals surface area contributed by atoms with Crippen molar-refractivity contribution in [1.29, 1.82) is 0 Å². The molecule has 6 aromatic carbocycles. The Morgan fingerprint density at radius 3 is 2.06 bits per heavy atom. The van der Waals surface area contributed by atoms with Crippen molar-refractivity contribution >= 4 is 33.1 Å². The summed E-state index contributed by atoms with van der Waals surface area (Å²) in [5, 5.41) is 7.22. The van der Waals surface area contributed by atoms with Gasteiger partial charge in [-0.25, -0.2) is 0 Å². The lowest BCUT2D eigenvalue weighted by Crippen LogP contribution is -2.14.